The number of rotatable bonds is 9. The van der Waals surface area contributed by atoms with Gasteiger partial charge >= 0.3 is 12.1 Å². The highest BCUT2D eigenvalue weighted by molar-refractivity contribution is 7.80. The lowest BCUT2D eigenvalue weighted by Crippen LogP contribution is -2.51. The van der Waals surface area contributed by atoms with Gasteiger partial charge in [0.2, 0.25) is 0 Å². The molecule has 0 spiro atoms. The summed E-state index contributed by atoms with van der Waals surface area (Å²) in [4.78, 5) is 26.2. The van der Waals surface area contributed by atoms with Crippen LogP contribution in [0.3, 0.4) is 0 Å². The number of carbonyl (C=O) groups is 2. The molecule has 2 atom stereocenters. The Balaban J connectivity index is 1.44. The summed E-state index contributed by atoms with van der Waals surface area (Å²) >= 11 is -2.58. The molecule has 0 aliphatic carbocycles. The van der Waals surface area contributed by atoms with Crippen LogP contribution in [0.5, 0.6) is 5.75 Å². The van der Waals surface area contributed by atoms with Crippen LogP contribution in [-0.2, 0) is 27.4 Å². The maximum atomic E-state index is 12.4. The number of carbonyl (C=O) groups excluding carboxylic acids is 1. The van der Waals surface area contributed by atoms with E-state index in [1.165, 1.54) is 11.2 Å². The summed E-state index contributed by atoms with van der Waals surface area (Å²) in [5.74, 6) is -0.416. The Morgan fingerprint density at radius 2 is 1.70 bits per heavy atom. The summed E-state index contributed by atoms with van der Waals surface area (Å²) in [6, 6.07) is 16.4. The van der Waals surface area contributed by atoms with Gasteiger partial charge in [0.05, 0.1) is 19.1 Å². The topological polar surface area (TPSA) is 130 Å². The average Bonchev–Trinajstić information content (AvgIpc) is 3.44. The third-order valence-electron chi connectivity index (χ3n) is 6.38. The van der Waals surface area contributed by atoms with Crippen LogP contribution in [0, 0.1) is 5.92 Å². The Morgan fingerprint density at radius 1 is 1.08 bits per heavy atom. The molecule has 196 valence electrons. The number of carboxylic acid groups (broad SMARTS) is 1. The van der Waals surface area contributed by atoms with Gasteiger partial charge in [-0.15, -0.1) is 0 Å². The molecule has 1 saturated heterocycles. The van der Waals surface area contributed by atoms with Gasteiger partial charge in [-0.3, -0.25) is 8.86 Å². The largest absolute Gasteiger partial charge is 0.497 e. The Kier molecular flexibility index (Phi) is 8.47. The van der Waals surface area contributed by atoms with E-state index in [-0.39, 0.29) is 19.7 Å². The van der Waals surface area contributed by atoms with Crippen molar-refractivity contribution in [2.75, 3.05) is 24.5 Å². The molecule has 1 aliphatic rings. The van der Waals surface area contributed by atoms with Crippen molar-refractivity contribution in [1.29, 1.82) is 0 Å². The molecular formula is C26H28N2O8S. The molecule has 2 unspecified atom stereocenters. The van der Waals surface area contributed by atoms with Crippen molar-refractivity contribution < 1.29 is 37.3 Å². The van der Waals surface area contributed by atoms with E-state index >= 15 is 0 Å². The van der Waals surface area contributed by atoms with Crippen LogP contribution in [-0.4, -0.2) is 57.1 Å². The van der Waals surface area contributed by atoms with Crippen molar-refractivity contribution in [3.63, 3.8) is 0 Å². The fraction of sp³-hybridized carbons (Fsp3) is 0.308. The summed E-state index contributed by atoms with van der Waals surface area (Å²) in [6.07, 6.45) is 1.65. The molecule has 1 fully saturated rings. The number of aliphatic carboxylic acids is 1. The predicted molar refractivity (Wildman–Crippen MR) is 136 cm³/mol. The number of nitrogens with zero attached hydrogens (tertiary/aromatic N) is 2. The molecule has 0 saturated carbocycles. The number of likely N-dealkylation sites (tertiary alicyclic amines) is 1. The highest BCUT2D eigenvalue weighted by atomic mass is 32.2. The van der Waals surface area contributed by atoms with E-state index in [4.69, 9.17) is 13.9 Å². The lowest BCUT2D eigenvalue weighted by molar-refractivity contribution is -0.140. The number of anilines is 1. The third kappa shape index (κ3) is 6.30. The first-order valence-corrected chi connectivity index (χ1v) is 12.8. The van der Waals surface area contributed by atoms with Crippen molar-refractivity contribution >= 4 is 29.0 Å². The number of furan rings is 1. The number of ether oxygens (including phenoxy) is 2. The molecule has 0 bridgehead atoms. The van der Waals surface area contributed by atoms with E-state index in [0.717, 1.165) is 21.2 Å². The smallest absolute Gasteiger partial charge is 0.410 e. The van der Waals surface area contributed by atoms with Crippen molar-refractivity contribution in [3.05, 3.63) is 72.7 Å². The van der Waals surface area contributed by atoms with Gasteiger partial charge in [-0.25, -0.2) is 13.8 Å². The second-order valence-electron chi connectivity index (χ2n) is 8.57. The van der Waals surface area contributed by atoms with Crippen LogP contribution in [0.1, 0.15) is 18.6 Å². The van der Waals surface area contributed by atoms with E-state index in [1.54, 1.807) is 43.5 Å². The lowest BCUT2D eigenvalue weighted by atomic mass is 9.89. The van der Waals surface area contributed by atoms with Gasteiger partial charge in [-0.1, -0.05) is 24.3 Å². The minimum Gasteiger partial charge on any atom is -0.497 e. The zero-order valence-corrected chi connectivity index (χ0v) is 21.0. The number of carboxylic acids is 1. The van der Waals surface area contributed by atoms with Crippen LogP contribution < -0.4 is 9.04 Å². The minimum atomic E-state index is -2.58. The van der Waals surface area contributed by atoms with Crippen LogP contribution in [0.2, 0.25) is 0 Å². The van der Waals surface area contributed by atoms with Gasteiger partial charge in [0.25, 0.3) is 11.3 Å². The second-order valence-corrected chi connectivity index (χ2v) is 9.43. The lowest BCUT2D eigenvalue weighted by Gasteiger charge is -2.37. The van der Waals surface area contributed by atoms with Crippen LogP contribution in [0.15, 0.2) is 71.3 Å². The number of methoxy groups -OCH3 is 1. The molecule has 1 amide bonds. The molecule has 37 heavy (non-hydrogen) atoms. The molecular weight excluding hydrogens is 500 g/mol. The van der Waals surface area contributed by atoms with Gasteiger partial charge in [0.1, 0.15) is 17.6 Å². The molecule has 3 aromatic rings. The first-order chi connectivity index (χ1) is 17.9. The van der Waals surface area contributed by atoms with Crippen molar-refractivity contribution in [3.8, 4) is 16.9 Å². The molecule has 4 rings (SSSR count). The molecule has 2 aromatic carbocycles. The number of hydrogen-bond donors (Lipinski definition) is 2. The highest BCUT2D eigenvalue weighted by Gasteiger charge is 2.39. The van der Waals surface area contributed by atoms with Crippen molar-refractivity contribution in [1.82, 2.24) is 4.90 Å². The van der Waals surface area contributed by atoms with Crippen LogP contribution >= 0.6 is 0 Å². The predicted octanol–water partition coefficient (Wildman–Crippen LogP) is 4.40. The first-order valence-electron chi connectivity index (χ1n) is 11.7. The Morgan fingerprint density at radius 3 is 2.22 bits per heavy atom. The van der Waals surface area contributed by atoms with Crippen molar-refractivity contribution in [2.45, 2.75) is 25.5 Å². The third-order valence-corrected chi connectivity index (χ3v) is 7.16. The summed E-state index contributed by atoms with van der Waals surface area (Å²) < 4.78 is 39.0. The van der Waals surface area contributed by atoms with Gasteiger partial charge in [-0.2, -0.15) is 0 Å². The molecule has 2 N–H and O–H groups in total. The molecule has 1 aromatic heterocycles. The quantitative estimate of drug-likeness (QED) is 0.391. The van der Waals surface area contributed by atoms with Crippen molar-refractivity contribution in [2.24, 2.45) is 5.92 Å². The van der Waals surface area contributed by atoms with E-state index in [1.807, 2.05) is 24.3 Å². The summed E-state index contributed by atoms with van der Waals surface area (Å²) in [6.45, 7) is 0.550. The zero-order chi connectivity index (χ0) is 26.4. The number of hydrogen-bond acceptors (Lipinski definition) is 6. The van der Waals surface area contributed by atoms with Gasteiger partial charge in [0.15, 0.2) is 6.61 Å². The Bertz CT molecular complexity index is 1210. The average molecular weight is 529 g/mol. The van der Waals surface area contributed by atoms with E-state index < -0.39 is 35.3 Å². The monoisotopic (exact) mass is 528 g/mol. The first kappa shape index (κ1) is 26.2. The molecule has 0 radical (unpaired) electrons. The van der Waals surface area contributed by atoms with E-state index in [2.05, 4.69) is 0 Å². The van der Waals surface area contributed by atoms with Gasteiger partial charge in [-0.05, 0) is 66.3 Å². The normalized spacial score (nSPS) is 15.6. The van der Waals surface area contributed by atoms with E-state index in [0.29, 0.717) is 24.3 Å². The summed E-state index contributed by atoms with van der Waals surface area (Å²) in [5.41, 5.74) is 2.10. The molecule has 2 heterocycles. The molecule has 1 aliphatic heterocycles. The minimum absolute atomic E-state index is 0.00725. The molecule has 11 heteroatoms. The van der Waals surface area contributed by atoms with Crippen LogP contribution in [0.25, 0.3) is 11.1 Å². The maximum Gasteiger partial charge on any atom is 0.410 e. The summed E-state index contributed by atoms with van der Waals surface area (Å²) in [5, 5.41) is 10.0. The SMILES string of the molecule is COc1ccc(-c2ccc(N(C(C(=O)O)C3CCN(C(=O)OCc4ccco4)CC3)S(=O)O)cc2)cc1. The van der Waals surface area contributed by atoms with E-state index in [9.17, 15) is 23.5 Å². The Labute approximate surface area is 216 Å². The molecule has 10 nitrogen and oxygen atoms in total. The number of benzene rings is 2. The zero-order valence-electron chi connectivity index (χ0n) is 20.2. The number of amides is 1. The number of piperidine rings is 1. The summed E-state index contributed by atoms with van der Waals surface area (Å²) in [7, 11) is 1.59. The fourth-order valence-corrected chi connectivity index (χ4v) is 5.20. The fourth-order valence-electron chi connectivity index (χ4n) is 4.44. The standard InChI is InChI=1S/C26H28N2O8S/c1-34-22-10-6-19(7-11-22)18-4-8-21(9-5-18)28(37(32)33)24(25(29)30)20-12-14-27(15-13-20)26(31)36-17-23-3-2-16-35-23/h2-11,16,20,24H,12-15,17H2,1H3,(H,29,30)(H,32,33). The van der Waals surface area contributed by atoms with Gasteiger partial charge in [0, 0.05) is 13.1 Å². The van der Waals surface area contributed by atoms with Gasteiger partial charge < -0.3 is 23.9 Å². The highest BCUT2D eigenvalue weighted by Crippen LogP contribution is 2.31. The van der Waals surface area contributed by atoms with Crippen LogP contribution in [0.4, 0.5) is 10.5 Å². The second kappa shape index (κ2) is 11.9. The Hall–Kier alpha value is -3.83. The maximum absolute atomic E-state index is 12.4.